The Bertz CT molecular complexity index is 966. The molecule has 0 bridgehead atoms. The summed E-state index contributed by atoms with van der Waals surface area (Å²) < 4.78 is 0.970. The molecule has 0 atom stereocenters. The molecule has 3 aromatic rings. The summed E-state index contributed by atoms with van der Waals surface area (Å²) in [4.78, 5) is 16.7. The van der Waals surface area contributed by atoms with Gasteiger partial charge in [-0.15, -0.1) is 10.2 Å². The van der Waals surface area contributed by atoms with Crippen molar-refractivity contribution in [2.24, 2.45) is 0 Å². The Labute approximate surface area is 178 Å². The molecule has 0 unspecified atom stereocenters. The van der Waals surface area contributed by atoms with E-state index in [1.807, 2.05) is 53.4 Å². The summed E-state index contributed by atoms with van der Waals surface area (Å²) in [7, 11) is 0. The van der Waals surface area contributed by atoms with Crippen LogP contribution < -0.4 is 10.2 Å². The second-order valence-electron chi connectivity index (χ2n) is 7.05. The normalized spacial score (nSPS) is 14.0. The number of benzene rings is 2. The lowest BCUT2D eigenvalue weighted by molar-refractivity contribution is 0.0746. The van der Waals surface area contributed by atoms with E-state index in [4.69, 9.17) is 0 Å². The molecule has 2 heterocycles. The molecule has 1 amide bonds. The van der Waals surface area contributed by atoms with Crippen molar-refractivity contribution in [1.29, 1.82) is 0 Å². The first-order valence-corrected chi connectivity index (χ1v) is 10.3. The number of hydrogen-bond acceptors (Lipinski definition) is 5. The van der Waals surface area contributed by atoms with Crippen molar-refractivity contribution >= 4 is 39.2 Å². The van der Waals surface area contributed by atoms with Gasteiger partial charge >= 0.3 is 0 Å². The third-order valence-electron chi connectivity index (χ3n) is 4.96. The predicted molar refractivity (Wildman–Crippen MR) is 119 cm³/mol. The number of rotatable bonds is 4. The van der Waals surface area contributed by atoms with E-state index in [1.54, 1.807) is 0 Å². The third-order valence-corrected chi connectivity index (χ3v) is 5.49. The molecule has 6 nitrogen and oxygen atoms in total. The van der Waals surface area contributed by atoms with Crippen LogP contribution in [-0.2, 0) is 0 Å². The van der Waals surface area contributed by atoms with Crippen LogP contribution in [0, 0.1) is 6.92 Å². The van der Waals surface area contributed by atoms with Gasteiger partial charge in [0, 0.05) is 41.9 Å². The standard InChI is InChI=1S/C22H22BrN5O/c1-16-2-8-19(9-3-16)24-20-10-11-21(26-25-20)27-12-14-28(15-13-27)22(29)17-4-6-18(23)7-5-17/h2-11H,12-15H2,1H3,(H,24,25). The fourth-order valence-corrected chi connectivity index (χ4v) is 3.52. The van der Waals surface area contributed by atoms with Gasteiger partial charge in [-0.2, -0.15) is 0 Å². The summed E-state index contributed by atoms with van der Waals surface area (Å²) in [6.45, 7) is 4.87. The Kier molecular flexibility index (Phi) is 5.76. The number of piperazine rings is 1. The number of hydrogen-bond donors (Lipinski definition) is 1. The molecule has 1 fully saturated rings. The summed E-state index contributed by atoms with van der Waals surface area (Å²) >= 11 is 3.40. The molecule has 2 aromatic carbocycles. The van der Waals surface area contributed by atoms with Gasteiger partial charge in [-0.3, -0.25) is 4.79 Å². The SMILES string of the molecule is Cc1ccc(Nc2ccc(N3CCN(C(=O)c4ccc(Br)cc4)CC3)nn2)cc1. The lowest BCUT2D eigenvalue weighted by Crippen LogP contribution is -2.49. The van der Waals surface area contributed by atoms with Gasteiger partial charge in [0.05, 0.1) is 0 Å². The lowest BCUT2D eigenvalue weighted by atomic mass is 10.2. The number of carbonyl (C=O) groups excluding carboxylic acids is 1. The number of halogens is 1. The van der Waals surface area contributed by atoms with E-state index in [9.17, 15) is 4.79 Å². The Morgan fingerprint density at radius 1 is 0.897 bits per heavy atom. The van der Waals surface area contributed by atoms with Crippen molar-refractivity contribution in [3.05, 3.63) is 76.3 Å². The molecule has 0 saturated carbocycles. The maximum atomic E-state index is 12.6. The Morgan fingerprint density at radius 2 is 1.59 bits per heavy atom. The number of aryl methyl sites for hydroxylation is 1. The van der Waals surface area contributed by atoms with Gasteiger partial charge in [0.15, 0.2) is 11.6 Å². The average Bonchev–Trinajstić information content (AvgIpc) is 2.76. The zero-order chi connectivity index (χ0) is 20.2. The monoisotopic (exact) mass is 451 g/mol. The van der Waals surface area contributed by atoms with E-state index in [0.29, 0.717) is 24.5 Å². The minimum absolute atomic E-state index is 0.0703. The van der Waals surface area contributed by atoms with E-state index in [0.717, 1.165) is 29.1 Å². The van der Waals surface area contributed by atoms with Gasteiger partial charge in [-0.25, -0.2) is 0 Å². The second-order valence-corrected chi connectivity index (χ2v) is 7.97. The second kappa shape index (κ2) is 8.61. The first-order valence-electron chi connectivity index (χ1n) is 9.56. The molecule has 7 heteroatoms. The molecule has 0 radical (unpaired) electrons. The van der Waals surface area contributed by atoms with E-state index in [2.05, 4.69) is 55.4 Å². The molecule has 148 valence electrons. The maximum absolute atomic E-state index is 12.6. The topological polar surface area (TPSA) is 61.4 Å². The van der Waals surface area contributed by atoms with Crippen LogP contribution in [-0.4, -0.2) is 47.2 Å². The molecular formula is C22H22BrN5O. The number of aromatic nitrogens is 2. The van der Waals surface area contributed by atoms with Crippen molar-refractivity contribution in [2.45, 2.75) is 6.92 Å². The largest absolute Gasteiger partial charge is 0.352 e. The highest BCUT2D eigenvalue weighted by atomic mass is 79.9. The zero-order valence-corrected chi connectivity index (χ0v) is 17.8. The molecule has 1 saturated heterocycles. The maximum Gasteiger partial charge on any atom is 0.253 e. The van der Waals surface area contributed by atoms with Crippen LogP contribution in [0.3, 0.4) is 0 Å². The van der Waals surface area contributed by atoms with Gasteiger partial charge in [0.1, 0.15) is 0 Å². The highest BCUT2D eigenvalue weighted by Crippen LogP contribution is 2.19. The van der Waals surface area contributed by atoms with Crippen molar-refractivity contribution in [3.63, 3.8) is 0 Å². The summed E-state index contributed by atoms with van der Waals surface area (Å²) in [5, 5.41) is 11.9. The van der Waals surface area contributed by atoms with Crippen LogP contribution in [0.15, 0.2) is 65.1 Å². The first kappa shape index (κ1) is 19.4. The molecule has 0 spiro atoms. The highest BCUT2D eigenvalue weighted by molar-refractivity contribution is 9.10. The van der Waals surface area contributed by atoms with Crippen molar-refractivity contribution in [2.75, 3.05) is 36.4 Å². The fraction of sp³-hybridized carbons (Fsp3) is 0.227. The molecule has 1 aliphatic rings. The van der Waals surface area contributed by atoms with Crippen LogP contribution in [0.25, 0.3) is 0 Å². The Hall–Kier alpha value is -2.93. The van der Waals surface area contributed by atoms with Gasteiger partial charge in [-0.05, 0) is 55.5 Å². The van der Waals surface area contributed by atoms with Crippen LogP contribution in [0.1, 0.15) is 15.9 Å². The lowest BCUT2D eigenvalue weighted by Gasteiger charge is -2.35. The van der Waals surface area contributed by atoms with Gasteiger partial charge in [0.2, 0.25) is 0 Å². The van der Waals surface area contributed by atoms with Crippen LogP contribution >= 0.6 is 15.9 Å². The van der Waals surface area contributed by atoms with E-state index < -0.39 is 0 Å². The summed E-state index contributed by atoms with van der Waals surface area (Å²) in [5.41, 5.74) is 2.92. The molecule has 0 aliphatic carbocycles. The molecular weight excluding hydrogens is 430 g/mol. The van der Waals surface area contributed by atoms with Gasteiger partial charge in [0.25, 0.3) is 5.91 Å². The number of amides is 1. The molecule has 1 aromatic heterocycles. The number of anilines is 3. The molecule has 29 heavy (non-hydrogen) atoms. The Balaban J connectivity index is 1.34. The van der Waals surface area contributed by atoms with Crippen LogP contribution in [0.4, 0.5) is 17.3 Å². The van der Waals surface area contributed by atoms with Crippen molar-refractivity contribution in [1.82, 2.24) is 15.1 Å². The van der Waals surface area contributed by atoms with Crippen molar-refractivity contribution in [3.8, 4) is 0 Å². The Morgan fingerprint density at radius 3 is 2.21 bits per heavy atom. The quantitative estimate of drug-likeness (QED) is 0.642. The minimum Gasteiger partial charge on any atom is -0.352 e. The van der Waals surface area contributed by atoms with E-state index in [-0.39, 0.29) is 5.91 Å². The smallest absolute Gasteiger partial charge is 0.253 e. The summed E-state index contributed by atoms with van der Waals surface area (Å²) in [6.07, 6.45) is 0. The number of nitrogens with zero attached hydrogens (tertiary/aromatic N) is 4. The third kappa shape index (κ3) is 4.74. The fourth-order valence-electron chi connectivity index (χ4n) is 3.26. The minimum atomic E-state index is 0.0703. The number of nitrogens with one attached hydrogen (secondary N) is 1. The van der Waals surface area contributed by atoms with E-state index >= 15 is 0 Å². The molecule has 1 aliphatic heterocycles. The molecule has 1 N–H and O–H groups in total. The highest BCUT2D eigenvalue weighted by Gasteiger charge is 2.23. The molecule has 4 rings (SSSR count). The zero-order valence-electron chi connectivity index (χ0n) is 16.2. The number of carbonyl (C=O) groups is 1. The first-order chi connectivity index (χ1) is 14.1. The van der Waals surface area contributed by atoms with Crippen LogP contribution in [0.2, 0.25) is 0 Å². The van der Waals surface area contributed by atoms with E-state index in [1.165, 1.54) is 5.56 Å². The van der Waals surface area contributed by atoms with Crippen LogP contribution in [0.5, 0.6) is 0 Å². The summed E-state index contributed by atoms with van der Waals surface area (Å²) in [6, 6.07) is 19.5. The predicted octanol–water partition coefficient (Wildman–Crippen LogP) is 4.25. The average molecular weight is 452 g/mol. The van der Waals surface area contributed by atoms with Gasteiger partial charge < -0.3 is 15.1 Å². The van der Waals surface area contributed by atoms with Crippen molar-refractivity contribution < 1.29 is 4.79 Å². The van der Waals surface area contributed by atoms with Gasteiger partial charge in [-0.1, -0.05) is 33.6 Å². The summed E-state index contributed by atoms with van der Waals surface area (Å²) in [5.74, 6) is 1.61.